The lowest BCUT2D eigenvalue weighted by Crippen LogP contribution is -2.42. The maximum Gasteiger partial charge on any atom is 0.318 e. The third kappa shape index (κ3) is 3.96. The maximum absolute atomic E-state index is 12.0. The monoisotopic (exact) mass is 289 g/mol. The first kappa shape index (κ1) is 16.5. The van der Waals surface area contributed by atoms with E-state index in [2.05, 4.69) is 11.2 Å². The summed E-state index contributed by atoms with van der Waals surface area (Å²) >= 11 is 0. The van der Waals surface area contributed by atoms with Crippen LogP contribution in [0.1, 0.15) is 31.0 Å². The fraction of sp³-hybridized carbons (Fsp3) is 0.400. The quantitative estimate of drug-likeness (QED) is 0.526. The molecule has 0 radical (unpaired) electrons. The van der Waals surface area contributed by atoms with Gasteiger partial charge >= 0.3 is 6.03 Å². The van der Waals surface area contributed by atoms with Crippen molar-refractivity contribution in [3.05, 3.63) is 39.4 Å². The molecule has 1 rings (SSSR count). The van der Waals surface area contributed by atoms with E-state index in [-0.39, 0.29) is 23.8 Å². The van der Waals surface area contributed by atoms with E-state index in [0.717, 1.165) is 0 Å². The summed E-state index contributed by atoms with van der Waals surface area (Å²) in [6.45, 7) is 5.18. The van der Waals surface area contributed by atoms with Crippen LogP contribution < -0.4 is 5.32 Å². The molecule has 0 unspecified atom stereocenters. The largest absolute Gasteiger partial charge is 0.331 e. The number of benzene rings is 1. The summed E-state index contributed by atoms with van der Waals surface area (Å²) in [5, 5.41) is 13.7. The van der Waals surface area contributed by atoms with Gasteiger partial charge in [-0.25, -0.2) is 4.79 Å². The van der Waals surface area contributed by atoms with Crippen LogP contribution in [0.5, 0.6) is 0 Å². The van der Waals surface area contributed by atoms with Gasteiger partial charge in [-0.1, -0.05) is 18.1 Å². The van der Waals surface area contributed by atoms with Crippen LogP contribution in [-0.2, 0) is 0 Å². The van der Waals surface area contributed by atoms with Gasteiger partial charge in [-0.05, 0) is 26.3 Å². The number of rotatable bonds is 4. The molecule has 1 N–H and O–H groups in total. The molecular weight excluding hydrogens is 270 g/mol. The SMILES string of the molecule is C#C[C@H](C)N(C)C(=O)N[C@@H](C)c1ccc(C)c([N+](=O)[O-])c1. The first-order chi connectivity index (χ1) is 9.77. The molecule has 0 aliphatic rings. The molecule has 0 spiro atoms. The lowest BCUT2D eigenvalue weighted by Gasteiger charge is -2.24. The van der Waals surface area contributed by atoms with Crippen molar-refractivity contribution in [1.82, 2.24) is 10.2 Å². The number of hydrogen-bond donors (Lipinski definition) is 1. The predicted molar refractivity (Wildman–Crippen MR) is 80.8 cm³/mol. The molecule has 0 saturated carbocycles. The van der Waals surface area contributed by atoms with Crippen LogP contribution in [-0.4, -0.2) is 28.9 Å². The second-order valence-electron chi connectivity index (χ2n) is 4.93. The average Bonchev–Trinajstić information content (AvgIpc) is 2.45. The molecule has 0 heterocycles. The van der Waals surface area contributed by atoms with E-state index in [4.69, 9.17) is 6.42 Å². The highest BCUT2D eigenvalue weighted by atomic mass is 16.6. The summed E-state index contributed by atoms with van der Waals surface area (Å²) in [5.41, 5.74) is 1.29. The fourth-order valence-electron chi connectivity index (χ4n) is 1.75. The summed E-state index contributed by atoms with van der Waals surface area (Å²) in [7, 11) is 1.60. The first-order valence-corrected chi connectivity index (χ1v) is 6.52. The van der Waals surface area contributed by atoms with Gasteiger partial charge in [-0.2, -0.15) is 0 Å². The van der Waals surface area contributed by atoms with E-state index in [1.54, 1.807) is 40.0 Å². The zero-order valence-corrected chi connectivity index (χ0v) is 12.6. The van der Waals surface area contributed by atoms with Crippen molar-refractivity contribution in [1.29, 1.82) is 0 Å². The lowest BCUT2D eigenvalue weighted by molar-refractivity contribution is -0.385. The van der Waals surface area contributed by atoms with E-state index in [1.807, 2.05) is 0 Å². The Morgan fingerprint density at radius 3 is 2.62 bits per heavy atom. The Hall–Kier alpha value is -2.55. The third-order valence-corrected chi connectivity index (χ3v) is 3.41. The van der Waals surface area contributed by atoms with Crippen molar-refractivity contribution in [3.63, 3.8) is 0 Å². The molecule has 2 atom stereocenters. The summed E-state index contributed by atoms with van der Waals surface area (Å²) in [6, 6.07) is 3.90. The molecular formula is C15H19N3O3. The Kier molecular flexibility index (Phi) is 5.30. The minimum atomic E-state index is -0.431. The van der Waals surface area contributed by atoms with Crippen LogP contribution in [0.15, 0.2) is 18.2 Å². The van der Waals surface area contributed by atoms with E-state index >= 15 is 0 Å². The number of nitro groups is 1. The summed E-state index contributed by atoms with van der Waals surface area (Å²) < 4.78 is 0. The molecule has 6 heteroatoms. The van der Waals surface area contributed by atoms with Crippen LogP contribution in [0.4, 0.5) is 10.5 Å². The van der Waals surface area contributed by atoms with Crippen molar-refractivity contribution in [3.8, 4) is 12.3 Å². The Morgan fingerprint density at radius 2 is 2.10 bits per heavy atom. The highest BCUT2D eigenvalue weighted by Crippen LogP contribution is 2.23. The number of urea groups is 1. The van der Waals surface area contributed by atoms with E-state index in [0.29, 0.717) is 11.1 Å². The number of carbonyl (C=O) groups excluding carboxylic acids is 1. The van der Waals surface area contributed by atoms with Crippen LogP contribution in [0.3, 0.4) is 0 Å². The first-order valence-electron chi connectivity index (χ1n) is 6.52. The van der Waals surface area contributed by atoms with Crippen molar-refractivity contribution >= 4 is 11.7 Å². The molecule has 2 amide bonds. The predicted octanol–water partition coefficient (Wildman–Crippen LogP) is 2.63. The van der Waals surface area contributed by atoms with Gasteiger partial charge in [-0.15, -0.1) is 6.42 Å². The summed E-state index contributed by atoms with van der Waals surface area (Å²) in [4.78, 5) is 23.9. The minimum Gasteiger partial charge on any atom is -0.331 e. The van der Waals surface area contributed by atoms with E-state index < -0.39 is 4.92 Å². The average molecular weight is 289 g/mol. The third-order valence-electron chi connectivity index (χ3n) is 3.41. The van der Waals surface area contributed by atoms with Gasteiger partial charge in [0.25, 0.3) is 5.69 Å². The maximum atomic E-state index is 12.0. The summed E-state index contributed by atoms with van der Waals surface area (Å²) in [6.07, 6.45) is 5.28. The van der Waals surface area contributed by atoms with Gasteiger partial charge in [0, 0.05) is 18.7 Å². The van der Waals surface area contributed by atoms with Gasteiger partial charge in [0.15, 0.2) is 0 Å². The number of nitrogens with one attached hydrogen (secondary N) is 1. The number of hydrogen-bond acceptors (Lipinski definition) is 3. The molecule has 0 aliphatic heterocycles. The standard InChI is InChI=1S/C15H19N3O3/c1-6-11(3)17(5)15(19)16-12(4)13-8-7-10(2)14(9-13)18(20)21/h1,7-9,11-12H,2-5H3,(H,16,19)/t11-,12-/m0/s1. The molecule has 0 aliphatic carbocycles. The van der Waals surface area contributed by atoms with Crippen molar-refractivity contribution < 1.29 is 9.72 Å². The molecule has 0 saturated heterocycles. The smallest absolute Gasteiger partial charge is 0.318 e. The normalized spacial score (nSPS) is 12.9. The van der Waals surface area contributed by atoms with Gasteiger partial charge in [-0.3, -0.25) is 10.1 Å². The molecule has 1 aromatic rings. The Bertz CT molecular complexity index is 592. The van der Waals surface area contributed by atoms with Crippen molar-refractivity contribution in [2.75, 3.05) is 7.05 Å². The molecule has 112 valence electrons. The Morgan fingerprint density at radius 1 is 1.48 bits per heavy atom. The number of nitrogens with zero attached hydrogens (tertiary/aromatic N) is 2. The number of nitro benzene ring substituents is 1. The Balaban J connectivity index is 2.88. The van der Waals surface area contributed by atoms with Gasteiger partial charge < -0.3 is 10.2 Å². The number of aryl methyl sites for hydroxylation is 1. The second-order valence-corrected chi connectivity index (χ2v) is 4.93. The number of carbonyl (C=O) groups is 1. The number of terminal acetylenes is 1. The Labute approximate surface area is 124 Å². The van der Waals surface area contributed by atoms with E-state index in [1.165, 1.54) is 11.0 Å². The zero-order chi connectivity index (χ0) is 16.2. The van der Waals surface area contributed by atoms with E-state index in [9.17, 15) is 14.9 Å². The second kappa shape index (κ2) is 6.75. The molecule has 6 nitrogen and oxygen atoms in total. The molecule has 0 bridgehead atoms. The fourth-order valence-corrected chi connectivity index (χ4v) is 1.75. The summed E-state index contributed by atoms with van der Waals surface area (Å²) in [5.74, 6) is 2.47. The molecule has 0 fully saturated rings. The van der Waals surface area contributed by atoms with Gasteiger partial charge in [0.05, 0.1) is 17.0 Å². The van der Waals surface area contributed by atoms with Gasteiger partial charge in [0.2, 0.25) is 0 Å². The van der Waals surface area contributed by atoms with Crippen LogP contribution >= 0.6 is 0 Å². The molecule has 1 aromatic carbocycles. The van der Waals surface area contributed by atoms with Crippen LogP contribution in [0, 0.1) is 29.4 Å². The molecule has 21 heavy (non-hydrogen) atoms. The van der Waals surface area contributed by atoms with Crippen LogP contribution in [0.25, 0.3) is 0 Å². The topological polar surface area (TPSA) is 75.5 Å². The van der Waals surface area contributed by atoms with Crippen LogP contribution in [0.2, 0.25) is 0 Å². The van der Waals surface area contributed by atoms with Crippen molar-refractivity contribution in [2.45, 2.75) is 32.9 Å². The highest BCUT2D eigenvalue weighted by Gasteiger charge is 2.19. The number of amides is 2. The zero-order valence-electron chi connectivity index (χ0n) is 12.6. The highest BCUT2D eigenvalue weighted by molar-refractivity contribution is 5.75. The van der Waals surface area contributed by atoms with Gasteiger partial charge in [0.1, 0.15) is 0 Å². The molecule has 0 aromatic heterocycles. The minimum absolute atomic E-state index is 0.0407. The lowest BCUT2D eigenvalue weighted by atomic mass is 10.0. The van der Waals surface area contributed by atoms with Crippen molar-refractivity contribution in [2.24, 2.45) is 0 Å².